The first-order chi connectivity index (χ1) is 11.1. The molecule has 1 heterocycles. The molecule has 3 rings (SSSR count). The third-order valence-electron chi connectivity index (χ3n) is 3.86. The monoisotopic (exact) mass is 349 g/mol. The zero-order chi connectivity index (χ0) is 16.2. The maximum atomic E-state index is 13.8. The average molecular weight is 350 g/mol. The number of hydrogen-bond acceptors (Lipinski definition) is 2. The van der Waals surface area contributed by atoms with Crippen LogP contribution in [0.4, 0.5) is 15.8 Å². The molecular formula is C17H17ClFN3S. The van der Waals surface area contributed by atoms with Crippen LogP contribution in [0.15, 0.2) is 48.5 Å². The molecular weight excluding hydrogens is 333 g/mol. The molecule has 2 aromatic carbocycles. The van der Waals surface area contributed by atoms with Crippen LogP contribution in [-0.2, 0) is 0 Å². The zero-order valence-corrected chi connectivity index (χ0v) is 14.1. The highest BCUT2D eigenvalue weighted by molar-refractivity contribution is 7.80. The van der Waals surface area contributed by atoms with Gasteiger partial charge in [-0.2, -0.15) is 0 Å². The van der Waals surface area contributed by atoms with Crippen molar-refractivity contribution in [2.45, 2.75) is 0 Å². The molecule has 0 aromatic heterocycles. The molecule has 3 nitrogen and oxygen atoms in total. The Hall–Kier alpha value is -1.85. The molecule has 2 aromatic rings. The average Bonchev–Trinajstić information content (AvgIpc) is 2.57. The maximum Gasteiger partial charge on any atom is 0.173 e. The molecule has 1 aliphatic rings. The van der Waals surface area contributed by atoms with Gasteiger partial charge < -0.3 is 15.1 Å². The quantitative estimate of drug-likeness (QED) is 0.826. The number of nitrogens with one attached hydrogen (secondary N) is 1. The van der Waals surface area contributed by atoms with Gasteiger partial charge >= 0.3 is 0 Å². The Labute approximate surface area is 145 Å². The van der Waals surface area contributed by atoms with Gasteiger partial charge in [0.25, 0.3) is 0 Å². The van der Waals surface area contributed by atoms with Crippen LogP contribution in [0, 0.1) is 5.82 Å². The molecule has 0 atom stereocenters. The van der Waals surface area contributed by atoms with E-state index in [1.807, 2.05) is 36.4 Å². The van der Waals surface area contributed by atoms with Gasteiger partial charge in [-0.1, -0.05) is 23.7 Å². The summed E-state index contributed by atoms with van der Waals surface area (Å²) < 4.78 is 13.8. The van der Waals surface area contributed by atoms with E-state index in [1.165, 1.54) is 6.07 Å². The number of piperazine rings is 1. The Kier molecular flexibility index (Phi) is 4.98. The maximum absolute atomic E-state index is 13.8. The Morgan fingerprint density at radius 1 is 1.00 bits per heavy atom. The molecule has 6 heteroatoms. The molecule has 1 fully saturated rings. The normalized spacial score (nSPS) is 14.7. The smallest absolute Gasteiger partial charge is 0.173 e. The van der Waals surface area contributed by atoms with E-state index in [0.29, 0.717) is 15.8 Å². The fraction of sp³-hybridized carbons (Fsp3) is 0.235. The van der Waals surface area contributed by atoms with E-state index in [2.05, 4.69) is 15.1 Å². The lowest BCUT2D eigenvalue weighted by Gasteiger charge is -2.37. The van der Waals surface area contributed by atoms with Crippen LogP contribution >= 0.6 is 23.8 Å². The van der Waals surface area contributed by atoms with Gasteiger partial charge in [-0.3, -0.25) is 0 Å². The van der Waals surface area contributed by atoms with Crippen LogP contribution in [0.3, 0.4) is 0 Å². The second-order valence-corrected chi connectivity index (χ2v) is 6.19. The topological polar surface area (TPSA) is 18.5 Å². The fourth-order valence-corrected chi connectivity index (χ4v) is 3.02. The van der Waals surface area contributed by atoms with Crippen LogP contribution in [0.5, 0.6) is 0 Å². The minimum absolute atomic E-state index is 0.178. The minimum Gasteiger partial charge on any atom is -0.366 e. The summed E-state index contributed by atoms with van der Waals surface area (Å²) in [5.74, 6) is -0.178. The Morgan fingerprint density at radius 2 is 1.65 bits per heavy atom. The molecule has 1 aliphatic heterocycles. The molecule has 0 unspecified atom stereocenters. The summed E-state index contributed by atoms with van der Waals surface area (Å²) in [5.41, 5.74) is 1.57. The first-order valence-electron chi connectivity index (χ1n) is 7.44. The number of rotatable bonds is 2. The first kappa shape index (κ1) is 16.0. The van der Waals surface area contributed by atoms with Crippen LogP contribution < -0.4 is 10.2 Å². The number of nitrogens with zero attached hydrogens (tertiary/aromatic N) is 2. The summed E-state index contributed by atoms with van der Waals surface area (Å²) in [6.45, 7) is 2.99. The number of anilines is 2. The Morgan fingerprint density at radius 3 is 2.30 bits per heavy atom. The van der Waals surface area contributed by atoms with Crippen molar-refractivity contribution in [3.63, 3.8) is 0 Å². The number of hydrogen-bond donors (Lipinski definition) is 1. The minimum atomic E-state index is -0.178. The molecule has 0 saturated carbocycles. The zero-order valence-electron chi connectivity index (χ0n) is 12.5. The van der Waals surface area contributed by atoms with Gasteiger partial charge in [0.2, 0.25) is 0 Å². The number of halogens is 2. The molecule has 0 aliphatic carbocycles. The van der Waals surface area contributed by atoms with Crippen molar-refractivity contribution in [3.05, 3.63) is 59.4 Å². The van der Waals surface area contributed by atoms with E-state index in [1.54, 1.807) is 6.07 Å². The molecule has 1 saturated heterocycles. The number of para-hydroxylation sites is 1. The lowest BCUT2D eigenvalue weighted by Crippen LogP contribution is -2.50. The predicted octanol–water partition coefficient (Wildman–Crippen LogP) is 4.00. The van der Waals surface area contributed by atoms with Gasteiger partial charge in [-0.05, 0) is 48.6 Å². The summed E-state index contributed by atoms with van der Waals surface area (Å²) in [4.78, 5) is 4.15. The largest absolute Gasteiger partial charge is 0.366 e. The summed E-state index contributed by atoms with van der Waals surface area (Å²) in [6.07, 6.45) is 0. The van der Waals surface area contributed by atoms with Gasteiger partial charge in [0, 0.05) is 36.9 Å². The summed E-state index contributed by atoms with van der Waals surface area (Å²) in [7, 11) is 0. The van der Waals surface area contributed by atoms with Gasteiger partial charge in [0.15, 0.2) is 5.11 Å². The second-order valence-electron chi connectivity index (χ2n) is 5.36. The molecule has 0 bridgehead atoms. The summed E-state index contributed by atoms with van der Waals surface area (Å²) >= 11 is 11.3. The standard InChI is InChI=1S/C17H17ClFN3S/c18-13-5-7-14(8-6-13)20-17(23)22-11-9-21(10-12-22)16-4-2-1-3-15(16)19/h1-8H,9-12H2,(H,20,23). The van der Waals surface area contributed by atoms with Crippen molar-refractivity contribution in [3.8, 4) is 0 Å². The van der Waals surface area contributed by atoms with E-state index in [4.69, 9.17) is 23.8 Å². The van der Waals surface area contributed by atoms with Crippen molar-refractivity contribution >= 4 is 40.3 Å². The third kappa shape index (κ3) is 3.92. The fourth-order valence-electron chi connectivity index (χ4n) is 2.59. The molecule has 120 valence electrons. The highest BCUT2D eigenvalue weighted by atomic mass is 35.5. The lowest BCUT2D eigenvalue weighted by atomic mass is 10.2. The van der Waals surface area contributed by atoms with Crippen molar-refractivity contribution in [2.75, 3.05) is 36.4 Å². The van der Waals surface area contributed by atoms with Crippen molar-refractivity contribution in [1.29, 1.82) is 0 Å². The van der Waals surface area contributed by atoms with E-state index in [9.17, 15) is 4.39 Å². The van der Waals surface area contributed by atoms with E-state index < -0.39 is 0 Å². The molecule has 23 heavy (non-hydrogen) atoms. The summed E-state index contributed by atoms with van der Waals surface area (Å²) in [5, 5.41) is 4.59. The first-order valence-corrected chi connectivity index (χ1v) is 8.23. The van der Waals surface area contributed by atoms with Crippen molar-refractivity contribution in [2.24, 2.45) is 0 Å². The molecule has 1 N–H and O–H groups in total. The van der Waals surface area contributed by atoms with Crippen LogP contribution in [0.25, 0.3) is 0 Å². The van der Waals surface area contributed by atoms with E-state index >= 15 is 0 Å². The second kappa shape index (κ2) is 7.15. The van der Waals surface area contributed by atoms with Crippen molar-refractivity contribution < 1.29 is 4.39 Å². The molecule has 0 spiro atoms. The lowest BCUT2D eigenvalue weighted by molar-refractivity contribution is 0.388. The van der Waals surface area contributed by atoms with E-state index in [-0.39, 0.29) is 5.82 Å². The van der Waals surface area contributed by atoms with Crippen LogP contribution in [0.2, 0.25) is 5.02 Å². The number of benzene rings is 2. The van der Waals surface area contributed by atoms with Gasteiger partial charge in [0.1, 0.15) is 5.82 Å². The Balaban J connectivity index is 1.57. The highest BCUT2D eigenvalue weighted by Gasteiger charge is 2.20. The molecule has 0 amide bonds. The predicted molar refractivity (Wildman–Crippen MR) is 97.9 cm³/mol. The number of thiocarbonyl (C=S) groups is 1. The SMILES string of the molecule is Fc1ccccc1N1CCN(C(=S)Nc2ccc(Cl)cc2)CC1. The van der Waals surface area contributed by atoms with Gasteiger partial charge in [-0.25, -0.2) is 4.39 Å². The highest BCUT2D eigenvalue weighted by Crippen LogP contribution is 2.20. The third-order valence-corrected chi connectivity index (χ3v) is 4.47. The van der Waals surface area contributed by atoms with Crippen LogP contribution in [-0.4, -0.2) is 36.2 Å². The summed E-state index contributed by atoms with van der Waals surface area (Å²) in [6, 6.07) is 14.3. The van der Waals surface area contributed by atoms with E-state index in [0.717, 1.165) is 31.9 Å². The van der Waals surface area contributed by atoms with Gasteiger partial charge in [-0.15, -0.1) is 0 Å². The van der Waals surface area contributed by atoms with Crippen LogP contribution in [0.1, 0.15) is 0 Å². The Bertz CT molecular complexity index is 684. The van der Waals surface area contributed by atoms with Crippen molar-refractivity contribution in [1.82, 2.24) is 4.90 Å². The molecule has 0 radical (unpaired) electrons. The van der Waals surface area contributed by atoms with Gasteiger partial charge in [0.05, 0.1) is 5.69 Å².